The SMILES string of the molecule is CCC(N)(CC)C(=O)NCCS(=O)(=O)NC. The zero-order valence-electron chi connectivity index (χ0n) is 10.0. The van der Waals surface area contributed by atoms with E-state index in [4.69, 9.17) is 5.73 Å². The second-order valence-corrected chi connectivity index (χ2v) is 5.69. The fourth-order valence-corrected chi connectivity index (χ4v) is 1.72. The third-order valence-corrected chi connectivity index (χ3v) is 4.04. The van der Waals surface area contributed by atoms with Gasteiger partial charge in [0.2, 0.25) is 15.9 Å². The minimum absolute atomic E-state index is 0.0704. The van der Waals surface area contributed by atoms with E-state index in [1.54, 1.807) is 0 Å². The number of carbonyl (C=O) groups is 1. The molecule has 4 N–H and O–H groups in total. The molecule has 96 valence electrons. The standard InChI is InChI=1S/C9H21N3O3S/c1-4-9(10,5-2)8(13)12-6-7-16(14,15)11-3/h11H,4-7,10H2,1-3H3,(H,12,13). The highest BCUT2D eigenvalue weighted by Gasteiger charge is 2.29. The van der Waals surface area contributed by atoms with Gasteiger partial charge >= 0.3 is 0 Å². The van der Waals surface area contributed by atoms with Crippen LogP contribution >= 0.6 is 0 Å². The van der Waals surface area contributed by atoms with E-state index in [-0.39, 0.29) is 18.2 Å². The van der Waals surface area contributed by atoms with Crippen molar-refractivity contribution in [3.63, 3.8) is 0 Å². The highest BCUT2D eigenvalue weighted by Crippen LogP contribution is 2.10. The molecule has 0 unspecified atom stereocenters. The highest BCUT2D eigenvalue weighted by molar-refractivity contribution is 7.89. The molecule has 0 fully saturated rings. The second kappa shape index (κ2) is 6.17. The maximum atomic E-state index is 11.6. The van der Waals surface area contributed by atoms with Gasteiger partial charge in [0.1, 0.15) is 0 Å². The third kappa shape index (κ3) is 4.46. The van der Waals surface area contributed by atoms with Gasteiger partial charge in [0.25, 0.3) is 0 Å². The van der Waals surface area contributed by atoms with Gasteiger partial charge < -0.3 is 11.1 Å². The summed E-state index contributed by atoms with van der Waals surface area (Å²) in [7, 11) is -1.94. The summed E-state index contributed by atoms with van der Waals surface area (Å²) in [5, 5.41) is 2.53. The zero-order valence-corrected chi connectivity index (χ0v) is 10.9. The average Bonchev–Trinajstić information content (AvgIpc) is 2.27. The van der Waals surface area contributed by atoms with Crippen molar-refractivity contribution in [1.82, 2.24) is 10.0 Å². The van der Waals surface area contributed by atoms with Crippen LogP contribution in [0.15, 0.2) is 0 Å². The van der Waals surface area contributed by atoms with Crippen LogP contribution in [0.1, 0.15) is 26.7 Å². The first-order valence-corrected chi connectivity index (χ1v) is 6.95. The summed E-state index contributed by atoms with van der Waals surface area (Å²) in [4.78, 5) is 11.6. The van der Waals surface area contributed by atoms with E-state index < -0.39 is 15.6 Å². The zero-order chi connectivity index (χ0) is 12.8. The molecule has 0 atom stereocenters. The van der Waals surface area contributed by atoms with Gasteiger partial charge in [-0.1, -0.05) is 13.8 Å². The van der Waals surface area contributed by atoms with E-state index in [0.717, 1.165) is 0 Å². The van der Waals surface area contributed by atoms with Crippen molar-refractivity contribution in [3.05, 3.63) is 0 Å². The van der Waals surface area contributed by atoms with Crippen LogP contribution in [0.25, 0.3) is 0 Å². The highest BCUT2D eigenvalue weighted by atomic mass is 32.2. The minimum atomic E-state index is -3.28. The lowest BCUT2D eigenvalue weighted by atomic mass is 9.93. The molecule has 0 aliphatic heterocycles. The smallest absolute Gasteiger partial charge is 0.240 e. The summed E-state index contributed by atoms with van der Waals surface area (Å²) in [6.45, 7) is 3.72. The number of amides is 1. The Balaban J connectivity index is 4.19. The van der Waals surface area contributed by atoms with Crippen LogP contribution in [0.3, 0.4) is 0 Å². The molecule has 16 heavy (non-hydrogen) atoms. The van der Waals surface area contributed by atoms with Gasteiger partial charge in [0, 0.05) is 6.54 Å². The van der Waals surface area contributed by atoms with Crippen LogP contribution in [-0.4, -0.2) is 39.2 Å². The van der Waals surface area contributed by atoms with Crippen LogP contribution in [0.5, 0.6) is 0 Å². The number of sulfonamides is 1. The van der Waals surface area contributed by atoms with Gasteiger partial charge in [0.05, 0.1) is 11.3 Å². The molecule has 0 aliphatic rings. The maximum Gasteiger partial charge on any atom is 0.240 e. The Hall–Kier alpha value is -0.660. The van der Waals surface area contributed by atoms with Crippen molar-refractivity contribution in [2.75, 3.05) is 19.3 Å². The summed E-state index contributed by atoms with van der Waals surface area (Å²) < 4.78 is 24.3. The van der Waals surface area contributed by atoms with Gasteiger partial charge in [-0.3, -0.25) is 4.79 Å². The number of carbonyl (C=O) groups excluding carboxylic acids is 1. The molecule has 0 rings (SSSR count). The number of nitrogens with two attached hydrogens (primary N) is 1. The van der Waals surface area contributed by atoms with Gasteiger partial charge in [-0.15, -0.1) is 0 Å². The predicted octanol–water partition coefficient (Wildman–Crippen LogP) is -0.831. The largest absolute Gasteiger partial charge is 0.353 e. The number of rotatable bonds is 7. The van der Waals surface area contributed by atoms with Crippen LogP contribution in [-0.2, 0) is 14.8 Å². The molecule has 0 aromatic carbocycles. The summed E-state index contributed by atoms with van der Waals surface area (Å²) >= 11 is 0. The summed E-state index contributed by atoms with van der Waals surface area (Å²) in [6, 6.07) is 0. The van der Waals surface area contributed by atoms with Crippen LogP contribution in [0, 0.1) is 0 Å². The van der Waals surface area contributed by atoms with E-state index in [0.29, 0.717) is 12.8 Å². The fourth-order valence-electron chi connectivity index (χ4n) is 1.15. The predicted molar refractivity (Wildman–Crippen MR) is 63.4 cm³/mol. The van der Waals surface area contributed by atoms with Crippen LogP contribution in [0.2, 0.25) is 0 Å². The van der Waals surface area contributed by atoms with E-state index in [9.17, 15) is 13.2 Å². The van der Waals surface area contributed by atoms with Gasteiger partial charge in [-0.2, -0.15) is 0 Å². The lowest BCUT2D eigenvalue weighted by molar-refractivity contribution is -0.126. The number of nitrogens with one attached hydrogen (secondary N) is 2. The van der Waals surface area contributed by atoms with Gasteiger partial charge in [-0.05, 0) is 19.9 Å². The van der Waals surface area contributed by atoms with E-state index in [1.165, 1.54) is 7.05 Å². The second-order valence-electron chi connectivity index (χ2n) is 3.64. The van der Waals surface area contributed by atoms with Gasteiger partial charge in [-0.25, -0.2) is 13.1 Å². The van der Waals surface area contributed by atoms with Crippen molar-refractivity contribution in [3.8, 4) is 0 Å². The monoisotopic (exact) mass is 251 g/mol. The van der Waals surface area contributed by atoms with Crippen molar-refractivity contribution in [1.29, 1.82) is 0 Å². The maximum absolute atomic E-state index is 11.6. The Morgan fingerprint density at radius 1 is 1.31 bits per heavy atom. The molecule has 0 bridgehead atoms. The topological polar surface area (TPSA) is 101 Å². The number of hydrogen-bond acceptors (Lipinski definition) is 4. The molecule has 6 nitrogen and oxygen atoms in total. The summed E-state index contributed by atoms with van der Waals surface area (Å²) in [5.41, 5.74) is 4.95. The molecule has 7 heteroatoms. The first-order valence-electron chi connectivity index (χ1n) is 5.29. The summed E-state index contributed by atoms with van der Waals surface area (Å²) in [5.74, 6) is -0.442. The quantitative estimate of drug-likeness (QED) is 0.549. The molecule has 0 saturated carbocycles. The molecule has 0 radical (unpaired) electrons. The normalized spacial score (nSPS) is 12.5. The summed E-state index contributed by atoms with van der Waals surface area (Å²) in [6.07, 6.45) is 1.04. The Labute approximate surface area is 97.0 Å². The lowest BCUT2D eigenvalue weighted by Crippen LogP contribution is -2.53. The molecule has 0 aromatic rings. The van der Waals surface area contributed by atoms with Crippen molar-refractivity contribution in [2.45, 2.75) is 32.2 Å². The van der Waals surface area contributed by atoms with Crippen LogP contribution in [0.4, 0.5) is 0 Å². The molecule has 1 amide bonds. The van der Waals surface area contributed by atoms with E-state index in [1.807, 2.05) is 13.8 Å². The Morgan fingerprint density at radius 3 is 2.19 bits per heavy atom. The lowest BCUT2D eigenvalue weighted by Gasteiger charge is -2.25. The van der Waals surface area contributed by atoms with E-state index in [2.05, 4.69) is 10.0 Å². The first kappa shape index (κ1) is 15.3. The molecular weight excluding hydrogens is 230 g/mol. The Morgan fingerprint density at radius 2 is 1.81 bits per heavy atom. The van der Waals surface area contributed by atoms with Crippen LogP contribution < -0.4 is 15.8 Å². The van der Waals surface area contributed by atoms with E-state index >= 15 is 0 Å². The molecule has 0 heterocycles. The Kier molecular flexibility index (Phi) is 5.91. The fraction of sp³-hybridized carbons (Fsp3) is 0.889. The first-order chi connectivity index (χ1) is 7.31. The molecule has 0 aromatic heterocycles. The third-order valence-electron chi connectivity index (χ3n) is 2.68. The Bertz CT molecular complexity index is 323. The number of hydrogen-bond donors (Lipinski definition) is 3. The van der Waals surface area contributed by atoms with Crippen molar-refractivity contribution in [2.24, 2.45) is 5.73 Å². The average molecular weight is 251 g/mol. The van der Waals surface area contributed by atoms with Gasteiger partial charge in [0.15, 0.2) is 0 Å². The molecule has 0 aliphatic carbocycles. The molecular formula is C9H21N3O3S. The molecule has 0 spiro atoms. The minimum Gasteiger partial charge on any atom is -0.353 e. The van der Waals surface area contributed by atoms with Crippen molar-refractivity contribution < 1.29 is 13.2 Å². The molecule has 0 saturated heterocycles. The van der Waals surface area contributed by atoms with Crippen molar-refractivity contribution >= 4 is 15.9 Å².